The minimum absolute atomic E-state index is 0.00408. The number of rotatable bonds is 6. The van der Waals surface area contributed by atoms with E-state index in [4.69, 9.17) is 4.74 Å². The Labute approximate surface area is 161 Å². The molecule has 3 rings (SSSR count). The first kappa shape index (κ1) is 19.0. The number of benzene rings is 1. The minimum Gasteiger partial charge on any atom is -0.458 e. The average molecular weight is 387 g/mol. The quantitative estimate of drug-likeness (QED) is 0.608. The van der Waals surface area contributed by atoms with Crippen molar-refractivity contribution in [1.29, 1.82) is 0 Å². The van der Waals surface area contributed by atoms with Crippen LogP contribution in [0.25, 0.3) is 10.6 Å². The lowest BCUT2D eigenvalue weighted by molar-refractivity contribution is -0.148. The third-order valence-electron chi connectivity index (χ3n) is 4.57. The Morgan fingerprint density at radius 3 is 2.63 bits per heavy atom. The molecule has 142 valence electrons. The maximum Gasteiger partial charge on any atom is 0.326 e. The fourth-order valence-corrected chi connectivity index (χ4v) is 3.47. The highest BCUT2D eigenvalue weighted by atomic mass is 32.1. The third kappa shape index (κ3) is 4.00. The Bertz CT molecular complexity index is 877. The molecule has 0 spiro atoms. The second-order valence-electron chi connectivity index (χ2n) is 6.68. The Morgan fingerprint density at radius 2 is 2.00 bits per heavy atom. The zero-order valence-corrected chi connectivity index (χ0v) is 16.3. The summed E-state index contributed by atoms with van der Waals surface area (Å²) in [4.78, 5) is 41.6. The molecule has 1 aliphatic rings. The monoisotopic (exact) mass is 387 g/mol. The summed E-state index contributed by atoms with van der Waals surface area (Å²) in [6, 6.07) is 7.44. The molecule has 1 saturated heterocycles. The smallest absolute Gasteiger partial charge is 0.326 e. The maximum absolute atomic E-state index is 12.3. The molecule has 1 aromatic carbocycles. The molecule has 0 unspecified atom stereocenters. The first-order valence-electron chi connectivity index (χ1n) is 8.63. The molecule has 1 N–H and O–H groups in total. The van der Waals surface area contributed by atoms with E-state index in [2.05, 4.69) is 10.3 Å². The summed E-state index contributed by atoms with van der Waals surface area (Å²) in [5, 5.41) is 5.27. The third-order valence-corrected chi connectivity index (χ3v) is 5.51. The van der Waals surface area contributed by atoms with Gasteiger partial charge in [-0.05, 0) is 20.3 Å². The molecule has 27 heavy (non-hydrogen) atoms. The van der Waals surface area contributed by atoms with Crippen LogP contribution >= 0.6 is 11.3 Å². The standard InChI is InChI=1S/C19H21N3O4S/c1-4-19(3)17(24)22(18(25)21-19)9-15(23)26-10-14-11-27-16(20-14)13-7-5-12(2)6-8-13/h5-8,11H,4,9-10H2,1-3H3,(H,21,25)/t19-/m1/s1. The Kier molecular flexibility index (Phi) is 5.27. The molecule has 7 nitrogen and oxygen atoms in total. The van der Waals surface area contributed by atoms with Gasteiger partial charge >= 0.3 is 12.0 Å². The summed E-state index contributed by atoms with van der Waals surface area (Å²) in [5.74, 6) is -1.06. The number of urea groups is 1. The number of nitrogens with zero attached hydrogens (tertiary/aromatic N) is 2. The highest BCUT2D eigenvalue weighted by molar-refractivity contribution is 7.13. The number of carbonyl (C=O) groups is 3. The molecule has 3 amide bonds. The van der Waals surface area contributed by atoms with Crippen molar-refractivity contribution in [3.63, 3.8) is 0 Å². The molecule has 0 saturated carbocycles. The Morgan fingerprint density at radius 1 is 1.30 bits per heavy atom. The zero-order valence-electron chi connectivity index (χ0n) is 15.4. The van der Waals surface area contributed by atoms with E-state index in [0.717, 1.165) is 15.5 Å². The normalized spacial score (nSPS) is 19.3. The SMILES string of the molecule is CC[C@@]1(C)NC(=O)N(CC(=O)OCc2csc(-c3ccc(C)cc3)n2)C1=O. The molecule has 8 heteroatoms. The van der Waals surface area contributed by atoms with E-state index in [1.165, 1.54) is 16.9 Å². The summed E-state index contributed by atoms with van der Waals surface area (Å²) in [6.45, 7) is 5.05. The van der Waals surface area contributed by atoms with Crippen LogP contribution in [0.15, 0.2) is 29.6 Å². The minimum atomic E-state index is -0.963. The molecule has 2 heterocycles. The van der Waals surface area contributed by atoms with Gasteiger partial charge in [-0.3, -0.25) is 14.5 Å². The highest BCUT2D eigenvalue weighted by Crippen LogP contribution is 2.24. The average Bonchev–Trinajstić information content (AvgIpc) is 3.20. The van der Waals surface area contributed by atoms with Crippen molar-refractivity contribution in [2.45, 2.75) is 39.3 Å². The van der Waals surface area contributed by atoms with Gasteiger partial charge in [0.1, 0.15) is 23.7 Å². The predicted molar refractivity (Wildman–Crippen MR) is 101 cm³/mol. The van der Waals surface area contributed by atoms with Gasteiger partial charge < -0.3 is 10.1 Å². The molecule has 1 atom stereocenters. The molecule has 0 radical (unpaired) electrons. The number of ether oxygens (including phenoxy) is 1. The van der Waals surface area contributed by atoms with Gasteiger partial charge in [-0.25, -0.2) is 9.78 Å². The number of nitrogens with one attached hydrogen (secondary N) is 1. The van der Waals surface area contributed by atoms with Gasteiger partial charge in [0, 0.05) is 10.9 Å². The number of carbonyl (C=O) groups excluding carboxylic acids is 3. The Balaban J connectivity index is 1.56. The first-order chi connectivity index (χ1) is 12.8. The summed E-state index contributed by atoms with van der Waals surface area (Å²) in [6.07, 6.45) is 0.448. The molecule has 0 bridgehead atoms. The van der Waals surface area contributed by atoms with E-state index in [0.29, 0.717) is 12.1 Å². The van der Waals surface area contributed by atoms with Crippen LogP contribution in [0.1, 0.15) is 31.5 Å². The van der Waals surface area contributed by atoms with Crippen molar-refractivity contribution in [2.75, 3.05) is 6.54 Å². The summed E-state index contributed by atoms with van der Waals surface area (Å²) < 4.78 is 5.19. The van der Waals surface area contributed by atoms with E-state index in [-0.39, 0.29) is 6.61 Å². The van der Waals surface area contributed by atoms with Gasteiger partial charge in [0.2, 0.25) is 0 Å². The molecule has 0 aliphatic carbocycles. The number of esters is 1. The topological polar surface area (TPSA) is 88.6 Å². The lowest BCUT2D eigenvalue weighted by Gasteiger charge is -2.18. The predicted octanol–water partition coefficient (Wildman–Crippen LogP) is 2.88. The van der Waals surface area contributed by atoms with Crippen molar-refractivity contribution in [3.8, 4) is 10.6 Å². The second kappa shape index (κ2) is 7.48. The van der Waals surface area contributed by atoms with Crippen LogP contribution in [-0.4, -0.2) is 39.9 Å². The molecular weight excluding hydrogens is 366 g/mol. The van der Waals surface area contributed by atoms with E-state index in [1.54, 1.807) is 13.8 Å². The Hall–Kier alpha value is -2.74. The van der Waals surface area contributed by atoms with Gasteiger partial charge in [-0.2, -0.15) is 0 Å². The number of hydrogen-bond donors (Lipinski definition) is 1. The number of hydrogen-bond acceptors (Lipinski definition) is 6. The van der Waals surface area contributed by atoms with Crippen molar-refractivity contribution >= 4 is 29.2 Å². The molecule has 1 fully saturated rings. The van der Waals surface area contributed by atoms with E-state index in [1.807, 2.05) is 36.6 Å². The van der Waals surface area contributed by atoms with Gasteiger partial charge in [0.05, 0.1) is 5.69 Å². The van der Waals surface area contributed by atoms with Crippen molar-refractivity contribution < 1.29 is 19.1 Å². The molecular formula is C19H21N3O4S. The molecule has 1 aliphatic heterocycles. The van der Waals surface area contributed by atoms with Crippen molar-refractivity contribution in [2.24, 2.45) is 0 Å². The van der Waals surface area contributed by atoms with Crippen LogP contribution in [-0.2, 0) is 20.9 Å². The number of imide groups is 1. The lowest BCUT2D eigenvalue weighted by atomic mass is 9.99. The van der Waals surface area contributed by atoms with Gasteiger partial charge in [-0.1, -0.05) is 36.8 Å². The van der Waals surface area contributed by atoms with Crippen molar-refractivity contribution in [3.05, 3.63) is 40.9 Å². The highest BCUT2D eigenvalue weighted by Gasteiger charge is 2.47. The molecule has 1 aromatic heterocycles. The van der Waals surface area contributed by atoms with E-state index < -0.39 is 30.0 Å². The van der Waals surface area contributed by atoms with E-state index in [9.17, 15) is 14.4 Å². The molecule has 2 aromatic rings. The number of aromatic nitrogens is 1. The largest absolute Gasteiger partial charge is 0.458 e. The number of thiazole rings is 1. The summed E-state index contributed by atoms with van der Waals surface area (Å²) in [7, 11) is 0. The number of amides is 3. The second-order valence-corrected chi connectivity index (χ2v) is 7.54. The fourth-order valence-electron chi connectivity index (χ4n) is 2.66. The summed E-state index contributed by atoms with van der Waals surface area (Å²) >= 11 is 1.47. The van der Waals surface area contributed by atoms with Crippen molar-refractivity contribution in [1.82, 2.24) is 15.2 Å². The van der Waals surface area contributed by atoms with Crippen LogP contribution in [0.4, 0.5) is 4.79 Å². The number of aryl methyl sites for hydroxylation is 1. The van der Waals surface area contributed by atoms with Crippen LogP contribution < -0.4 is 5.32 Å². The van der Waals surface area contributed by atoms with Gasteiger partial charge in [-0.15, -0.1) is 11.3 Å². The van der Waals surface area contributed by atoms with Gasteiger partial charge in [0.15, 0.2) is 0 Å². The first-order valence-corrected chi connectivity index (χ1v) is 9.51. The van der Waals surface area contributed by atoms with E-state index >= 15 is 0 Å². The van der Waals surface area contributed by atoms with Crippen LogP contribution in [0.5, 0.6) is 0 Å². The summed E-state index contributed by atoms with van der Waals surface area (Å²) in [5.41, 5.74) is 1.83. The van der Waals surface area contributed by atoms with Gasteiger partial charge in [0.25, 0.3) is 5.91 Å². The fraction of sp³-hybridized carbons (Fsp3) is 0.368. The zero-order chi connectivity index (χ0) is 19.6. The van der Waals surface area contributed by atoms with Crippen LogP contribution in [0, 0.1) is 6.92 Å². The van der Waals surface area contributed by atoms with Crippen LogP contribution in [0.2, 0.25) is 0 Å². The van der Waals surface area contributed by atoms with Crippen LogP contribution in [0.3, 0.4) is 0 Å². The lowest BCUT2D eigenvalue weighted by Crippen LogP contribution is -2.43. The maximum atomic E-state index is 12.3.